The Labute approximate surface area is 114 Å². The van der Waals surface area contributed by atoms with Crippen LogP contribution >= 0.6 is 0 Å². The van der Waals surface area contributed by atoms with Gasteiger partial charge in [0.1, 0.15) is 5.75 Å². The fraction of sp³-hybridized carbons (Fsp3) is 0.529. The first-order valence-corrected chi connectivity index (χ1v) is 7.34. The van der Waals surface area contributed by atoms with E-state index in [0.717, 1.165) is 31.3 Å². The summed E-state index contributed by atoms with van der Waals surface area (Å²) >= 11 is 0. The van der Waals surface area contributed by atoms with Crippen LogP contribution in [0.1, 0.15) is 30.4 Å². The molecule has 1 heterocycles. The van der Waals surface area contributed by atoms with Crippen molar-refractivity contribution in [3.05, 3.63) is 34.9 Å². The molecule has 0 amide bonds. The van der Waals surface area contributed by atoms with Gasteiger partial charge in [0.15, 0.2) is 0 Å². The van der Waals surface area contributed by atoms with Gasteiger partial charge in [0.05, 0.1) is 20.3 Å². The zero-order chi connectivity index (χ0) is 12.8. The van der Waals surface area contributed by atoms with Crippen LogP contribution in [0.15, 0.2) is 23.8 Å². The van der Waals surface area contributed by atoms with Crippen molar-refractivity contribution in [2.45, 2.75) is 25.7 Å². The van der Waals surface area contributed by atoms with E-state index in [9.17, 15) is 0 Å². The topological polar surface area (TPSA) is 18.5 Å². The van der Waals surface area contributed by atoms with Crippen LogP contribution in [-0.2, 0) is 11.2 Å². The molecule has 4 rings (SSSR count). The lowest BCUT2D eigenvalue weighted by atomic mass is 9.70. The van der Waals surface area contributed by atoms with E-state index in [1.807, 2.05) is 0 Å². The molecular formula is C17H20O2. The van der Waals surface area contributed by atoms with Gasteiger partial charge in [0.25, 0.3) is 0 Å². The zero-order valence-corrected chi connectivity index (χ0v) is 11.4. The number of hydrogen-bond acceptors (Lipinski definition) is 2. The molecule has 100 valence electrons. The Morgan fingerprint density at radius 1 is 1.16 bits per heavy atom. The van der Waals surface area contributed by atoms with Crippen molar-refractivity contribution in [2.24, 2.45) is 11.8 Å². The molecule has 0 bridgehead atoms. The molecule has 19 heavy (non-hydrogen) atoms. The molecule has 0 spiro atoms. The van der Waals surface area contributed by atoms with Crippen molar-refractivity contribution >= 4 is 5.57 Å². The molecule has 1 saturated heterocycles. The summed E-state index contributed by atoms with van der Waals surface area (Å²) in [5, 5.41) is 0. The van der Waals surface area contributed by atoms with Crippen LogP contribution in [0.3, 0.4) is 0 Å². The second-order valence-electron chi connectivity index (χ2n) is 5.97. The number of aryl methyl sites for hydroxylation is 1. The number of hydrogen-bond donors (Lipinski definition) is 0. The minimum absolute atomic E-state index is 0.707. The van der Waals surface area contributed by atoms with Crippen molar-refractivity contribution in [1.82, 2.24) is 0 Å². The summed E-state index contributed by atoms with van der Waals surface area (Å²) in [5.41, 5.74) is 6.27. The van der Waals surface area contributed by atoms with E-state index in [4.69, 9.17) is 9.47 Å². The van der Waals surface area contributed by atoms with Crippen LogP contribution < -0.4 is 4.74 Å². The van der Waals surface area contributed by atoms with E-state index in [1.165, 1.54) is 30.4 Å². The third-order valence-corrected chi connectivity index (χ3v) is 5.10. The van der Waals surface area contributed by atoms with Crippen LogP contribution in [0.2, 0.25) is 0 Å². The van der Waals surface area contributed by atoms with Gasteiger partial charge >= 0.3 is 0 Å². The molecule has 1 fully saturated rings. The maximum atomic E-state index is 5.71. The Morgan fingerprint density at radius 2 is 2.11 bits per heavy atom. The van der Waals surface area contributed by atoms with Crippen molar-refractivity contribution in [3.63, 3.8) is 0 Å². The second-order valence-corrected chi connectivity index (χ2v) is 5.97. The molecule has 2 heteroatoms. The third-order valence-electron chi connectivity index (χ3n) is 5.10. The molecule has 2 atom stereocenters. The fourth-order valence-corrected chi connectivity index (χ4v) is 4.09. The van der Waals surface area contributed by atoms with Crippen LogP contribution in [-0.4, -0.2) is 20.3 Å². The molecule has 0 unspecified atom stereocenters. The molecular weight excluding hydrogens is 236 g/mol. The molecule has 0 saturated carbocycles. The Bertz CT molecular complexity index is 544. The lowest BCUT2D eigenvalue weighted by molar-refractivity contribution is 0.182. The minimum atomic E-state index is 0.707. The van der Waals surface area contributed by atoms with E-state index in [-0.39, 0.29) is 0 Å². The number of methoxy groups -OCH3 is 1. The summed E-state index contributed by atoms with van der Waals surface area (Å²) in [5.74, 6) is 2.48. The Balaban J connectivity index is 1.79. The Morgan fingerprint density at radius 3 is 3.00 bits per heavy atom. The lowest BCUT2D eigenvalue weighted by Crippen LogP contribution is -2.23. The predicted octanol–water partition coefficient (Wildman–Crippen LogP) is 3.45. The highest BCUT2D eigenvalue weighted by atomic mass is 16.5. The summed E-state index contributed by atoms with van der Waals surface area (Å²) in [6.45, 7) is 1.94. The van der Waals surface area contributed by atoms with Crippen LogP contribution in [0.5, 0.6) is 5.75 Å². The second kappa shape index (κ2) is 4.38. The zero-order valence-electron chi connectivity index (χ0n) is 11.4. The van der Waals surface area contributed by atoms with Gasteiger partial charge in [0.2, 0.25) is 0 Å². The fourth-order valence-electron chi connectivity index (χ4n) is 4.09. The molecule has 2 nitrogen and oxygen atoms in total. The summed E-state index contributed by atoms with van der Waals surface area (Å²) in [6, 6.07) is 6.58. The first-order chi connectivity index (χ1) is 9.36. The molecule has 1 aromatic carbocycles. The van der Waals surface area contributed by atoms with Crippen molar-refractivity contribution in [1.29, 1.82) is 0 Å². The van der Waals surface area contributed by atoms with E-state index in [2.05, 4.69) is 18.2 Å². The molecule has 0 N–H and O–H groups in total. The number of benzene rings is 1. The van der Waals surface area contributed by atoms with E-state index in [1.54, 1.807) is 18.3 Å². The number of allylic oxidation sites excluding steroid dienone is 1. The smallest absolute Gasteiger partial charge is 0.119 e. The highest BCUT2D eigenvalue weighted by Gasteiger charge is 2.37. The summed E-state index contributed by atoms with van der Waals surface area (Å²) in [7, 11) is 1.75. The lowest BCUT2D eigenvalue weighted by Gasteiger charge is -2.34. The third kappa shape index (κ3) is 1.73. The normalized spacial score (nSPS) is 28.7. The predicted molar refractivity (Wildman–Crippen MR) is 75.3 cm³/mol. The average molecular weight is 256 g/mol. The van der Waals surface area contributed by atoms with Gasteiger partial charge in [-0.15, -0.1) is 0 Å². The molecule has 0 aromatic heterocycles. The summed E-state index contributed by atoms with van der Waals surface area (Å²) < 4.78 is 11.1. The van der Waals surface area contributed by atoms with Crippen LogP contribution in [0.4, 0.5) is 0 Å². The summed E-state index contributed by atoms with van der Waals surface area (Å²) in [4.78, 5) is 0. The molecule has 1 aliphatic heterocycles. The Kier molecular flexibility index (Phi) is 2.66. The number of rotatable bonds is 1. The maximum Gasteiger partial charge on any atom is 0.119 e. The van der Waals surface area contributed by atoms with Gasteiger partial charge in [-0.1, -0.05) is 11.6 Å². The van der Waals surface area contributed by atoms with Gasteiger partial charge in [-0.25, -0.2) is 0 Å². The van der Waals surface area contributed by atoms with E-state index in [0.29, 0.717) is 5.92 Å². The first kappa shape index (κ1) is 11.5. The molecule has 3 aliphatic rings. The molecule has 0 radical (unpaired) electrons. The minimum Gasteiger partial charge on any atom is -0.497 e. The molecule has 1 aromatic rings. The number of fused-ring (bicyclic) bond motifs is 4. The van der Waals surface area contributed by atoms with E-state index >= 15 is 0 Å². The molecule has 2 aliphatic carbocycles. The quantitative estimate of drug-likeness (QED) is 0.766. The van der Waals surface area contributed by atoms with Gasteiger partial charge in [-0.05, 0) is 60.4 Å². The van der Waals surface area contributed by atoms with Crippen molar-refractivity contribution in [2.75, 3.05) is 20.3 Å². The monoisotopic (exact) mass is 256 g/mol. The Hall–Kier alpha value is -1.28. The van der Waals surface area contributed by atoms with Gasteiger partial charge in [-0.2, -0.15) is 0 Å². The van der Waals surface area contributed by atoms with Crippen molar-refractivity contribution in [3.8, 4) is 5.75 Å². The largest absolute Gasteiger partial charge is 0.497 e. The highest BCUT2D eigenvalue weighted by Crippen LogP contribution is 2.47. The average Bonchev–Trinajstić information content (AvgIpc) is 2.94. The standard InChI is InChI=1S/C17H20O2/c1-18-13-4-7-14-11(8-13)2-5-16-15(14)6-3-12-9-19-10-17(12)16/h4,7-8,12,17H,2-3,5-6,9-10H2,1H3/t12-,17+/m0/s1. The number of ether oxygens (including phenoxy) is 2. The van der Waals surface area contributed by atoms with Crippen LogP contribution in [0, 0.1) is 11.8 Å². The SMILES string of the molecule is COc1ccc2c(c1)CCC1=C2CC[C@H]2COC[C@@H]12. The highest BCUT2D eigenvalue weighted by molar-refractivity contribution is 5.75. The maximum absolute atomic E-state index is 5.71. The van der Waals surface area contributed by atoms with Crippen LogP contribution in [0.25, 0.3) is 5.57 Å². The van der Waals surface area contributed by atoms with Gasteiger partial charge in [0, 0.05) is 5.92 Å². The van der Waals surface area contributed by atoms with E-state index < -0.39 is 0 Å². The van der Waals surface area contributed by atoms with Crippen molar-refractivity contribution < 1.29 is 9.47 Å². The first-order valence-electron chi connectivity index (χ1n) is 7.34. The summed E-state index contributed by atoms with van der Waals surface area (Å²) in [6.07, 6.45) is 4.92. The van der Waals surface area contributed by atoms with Gasteiger partial charge in [-0.3, -0.25) is 0 Å². The van der Waals surface area contributed by atoms with Gasteiger partial charge < -0.3 is 9.47 Å².